The van der Waals surface area contributed by atoms with Crippen LogP contribution in [-0.4, -0.2) is 75.6 Å². The van der Waals surface area contributed by atoms with Crippen LogP contribution in [0.15, 0.2) is 29.5 Å². The molecule has 0 bridgehead atoms. The molecule has 1 aliphatic rings. The Bertz CT molecular complexity index is 490. The van der Waals surface area contributed by atoms with Crippen molar-refractivity contribution in [3.63, 3.8) is 0 Å². The van der Waals surface area contributed by atoms with Crippen LogP contribution in [0.3, 0.4) is 0 Å². The quantitative estimate of drug-likeness (QED) is 0.414. The molecule has 2 rings (SSSR count). The zero-order valence-corrected chi connectivity index (χ0v) is 15.3. The van der Waals surface area contributed by atoms with Crippen molar-refractivity contribution in [3.8, 4) is 5.75 Å². The van der Waals surface area contributed by atoms with E-state index in [9.17, 15) is 0 Å². The maximum absolute atomic E-state index is 5.90. The number of nitrogens with one attached hydrogen (secondary N) is 1. The van der Waals surface area contributed by atoms with Crippen molar-refractivity contribution in [3.05, 3.63) is 24.5 Å². The number of aliphatic imine (C=N–C) groups is 1. The fraction of sp³-hybridized carbons (Fsp3) is 0.667. The molecule has 0 aliphatic carbocycles. The van der Waals surface area contributed by atoms with Crippen molar-refractivity contribution in [2.45, 2.75) is 25.4 Å². The van der Waals surface area contributed by atoms with Gasteiger partial charge in [0.1, 0.15) is 12.4 Å². The molecule has 1 aliphatic heterocycles. The number of nitrogens with zero attached hydrogens (tertiary/aromatic N) is 3. The zero-order valence-electron chi connectivity index (χ0n) is 15.3. The van der Waals surface area contributed by atoms with E-state index in [-0.39, 0.29) is 0 Å². The van der Waals surface area contributed by atoms with Crippen molar-refractivity contribution in [2.24, 2.45) is 4.99 Å². The minimum Gasteiger partial charge on any atom is -0.490 e. The standard InChI is InChI=1S/C18H30N4O3/c1-19-18(21-9-14-25-17-5-3-8-20-15-17)22-10-6-16(7-11-22)24-13-4-12-23-2/h3,5,8,15-16H,4,6-7,9-14H2,1-2H3,(H,19,21). The first-order valence-electron chi connectivity index (χ1n) is 8.92. The summed E-state index contributed by atoms with van der Waals surface area (Å²) in [6.45, 7) is 4.72. The van der Waals surface area contributed by atoms with Crippen molar-refractivity contribution < 1.29 is 14.2 Å². The molecule has 1 fully saturated rings. The largest absolute Gasteiger partial charge is 0.490 e. The summed E-state index contributed by atoms with van der Waals surface area (Å²) in [6.07, 6.45) is 6.81. The molecule has 2 heterocycles. The number of aromatic nitrogens is 1. The van der Waals surface area contributed by atoms with Crippen LogP contribution in [0, 0.1) is 0 Å². The highest BCUT2D eigenvalue weighted by Gasteiger charge is 2.21. The van der Waals surface area contributed by atoms with Crippen LogP contribution >= 0.6 is 0 Å². The van der Waals surface area contributed by atoms with Crippen LogP contribution in [0.1, 0.15) is 19.3 Å². The van der Waals surface area contributed by atoms with Gasteiger partial charge in [-0.1, -0.05) is 0 Å². The van der Waals surface area contributed by atoms with E-state index in [1.54, 1.807) is 19.5 Å². The summed E-state index contributed by atoms with van der Waals surface area (Å²) in [5, 5.41) is 3.36. The second-order valence-electron chi connectivity index (χ2n) is 5.91. The number of hydrogen-bond donors (Lipinski definition) is 1. The molecule has 0 aromatic carbocycles. The Kier molecular flexibility index (Phi) is 9.07. The van der Waals surface area contributed by atoms with Gasteiger partial charge in [0, 0.05) is 46.7 Å². The van der Waals surface area contributed by atoms with Crippen LogP contribution in [0.4, 0.5) is 0 Å². The molecule has 0 unspecified atom stereocenters. The number of guanidine groups is 1. The lowest BCUT2D eigenvalue weighted by Crippen LogP contribution is -2.47. The van der Waals surface area contributed by atoms with Gasteiger partial charge in [-0.05, 0) is 31.4 Å². The van der Waals surface area contributed by atoms with Crippen molar-refractivity contribution in [1.29, 1.82) is 0 Å². The van der Waals surface area contributed by atoms with Crippen molar-refractivity contribution in [2.75, 3.05) is 53.6 Å². The summed E-state index contributed by atoms with van der Waals surface area (Å²) in [4.78, 5) is 10.7. The van der Waals surface area contributed by atoms with E-state index >= 15 is 0 Å². The van der Waals surface area contributed by atoms with Gasteiger partial charge in [0.15, 0.2) is 5.96 Å². The number of hydrogen-bond acceptors (Lipinski definition) is 5. The molecule has 1 aromatic rings. The Labute approximate surface area is 150 Å². The predicted molar refractivity (Wildman–Crippen MR) is 98.1 cm³/mol. The monoisotopic (exact) mass is 350 g/mol. The number of pyridine rings is 1. The maximum atomic E-state index is 5.90. The summed E-state index contributed by atoms with van der Waals surface area (Å²) in [5.41, 5.74) is 0. The van der Waals surface area contributed by atoms with E-state index in [0.29, 0.717) is 19.3 Å². The Morgan fingerprint density at radius 3 is 2.84 bits per heavy atom. The molecular weight excluding hydrogens is 320 g/mol. The summed E-state index contributed by atoms with van der Waals surface area (Å²) in [7, 11) is 3.54. The van der Waals surface area contributed by atoms with Gasteiger partial charge in [-0.25, -0.2) is 0 Å². The van der Waals surface area contributed by atoms with Crippen LogP contribution in [0.2, 0.25) is 0 Å². The Balaban J connectivity index is 1.61. The number of likely N-dealkylation sites (tertiary alicyclic amines) is 1. The van der Waals surface area contributed by atoms with Gasteiger partial charge >= 0.3 is 0 Å². The van der Waals surface area contributed by atoms with Crippen LogP contribution in [0.25, 0.3) is 0 Å². The van der Waals surface area contributed by atoms with E-state index in [2.05, 4.69) is 20.2 Å². The number of methoxy groups -OCH3 is 1. The predicted octanol–water partition coefficient (Wildman–Crippen LogP) is 1.55. The van der Waals surface area contributed by atoms with Gasteiger partial charge in [0.25, 0.3) is 0 Å². The second-order valence-corrected chi connectivity index (χ2v) is 5.91. The summed E-state index contributed by atoms with van der Waals surface area (Å²) < 4.78 is 16.6. The number of rotatable bonds is 9. The molecule has 1 aromatic heterocycles. The van der Waals surface area contributed by atoms with Gasteiger partial charge in [-0.3, -0.25) is 9.98 Å². The fourth-order valence-electron chi connectivity index (χ4n) is 2.78. The molecule has 1 N–H and O–H groups in total. The van der Waals surface area contributed by atoms with E-state index in [1.807, 2.05) is 19.2 Å². The third-order valence-electron chi connectivity index (χ3n) is 4.09. The average molecular weight is 350 g/mol. The fourth-order valence-corrected chi connectivity index (χ4v) is 2.78. The van der Waals surface area contributed by atoms with Gasteiger partial charge < -0.3 is 24.4 Å². The molecule has 7 heteroatoms. The summed E-state index contributed by atoms with van der Waals surface area (Å²) >= 11 is 0. The molecule has 0 spiro atoms. The van der Waals surface area contributed by atoms with E-state index < -0.39 is 0 Å². The highest BCUT2D eigenvalue weighted by molar-refractivity contribution is 5.79. The molecule has 1 saturated heterocycles. The Hall–Kier alpha value is -1.86. The average Bonchev–Trinajstić information content (AvgIpc) is 2.67. The molecule has 0 atom stereocenters. The molecule has 7 nitrogen and oxygen atoms in total. The lowest BCUT2D eigenvalue weighted by molar-refractivity contribution is 0.00989. The van der Waals surface area contributed by atoms with Crippen molar-refractivity contribution >= 4 is 5.96 Å². The van der Waals surface area contributed by atoms with Gasteiger partial charge in [-0.2, -0.15) is 0 Å². The van der Waals surface area contributed by atoms with E-state index in [0.717, 1.165) is 57.3 Å². The SMILES string of the molecule is CN=C(NCCOc1cccnc1)N1CCC(OCCCOC)CC1. The highest BCUT2D eigenvalue weighted by atomic mass is 16.5. The van der Waals surface area contributed by atoms with Crippen LogP contribution < -0.4 is 10.1 Å². The first-order chi connectivity index (χ1) is 12.3. The molecule has 25 heavy (non-hydrogen) atoms. The highest BCUT2D eigenvalue weighted by Crippen LogP contribution is 2.14. The molecule has 0 radical (unpaired) electrons. The molecule has 140 valence electrons. The lowest BCUT2D eigenvalue weighted by Gasteiger charge is -2.34. The Morgan fingerprint density at radius 2 is 2.16 bits per heavy atom. The smallest absolute Gasteiger partial charge is 0.193 e. The topological polar surface area (TPSA) is 68.2 Å². The van der Waals surface area contributed by atoms with Gasteiger partial charge in [0.05, 0.1) is 18.8 Å². The van der Waals surface area contributed by atoms with Crippen LogP contribution in [0.5, 0.6) is 5.75 Å². The van der Waals surface area contributed by atoms with Gasteiger partial charge in [-0.15, -0.1) is 0 Å². The van der Waals surface area contributed by atoms with Gasteiger partial charge in [0.2, 0.25) is 0 Å². The van der Waals surface area contributed by atoms with Crippen molar-refractivity contribution in [1.82, 2.24) is 15.2 Å². The maximum Gasteiger partial charge on any atom is 0.193 e. The first-order valence-corrected chi connectivity index (χ1v) is 8.92. The number of ether oxygens (including phenoxy) is 3. The number of piperidine rings is 1. The third-order valence-corrected chi connectivity index (χ3v) is 4.09. The first kappa shape index (κ1) is 19.5. The molecular formula is C18H30N4O3. The van der Waals surface area contributed by atoms with E-state index in [1.165, 1.54) is 0 Å². The minimum absolute atomic E-state index is 0.347. The molecule has 0 saturated carbocycles. The third kappa shape index (κ3) is 7.27. The molecule has 0 amide bonds. The zero-order chi connectivity index (χ0) is 17.7. The summed E-state index contributed by atoms with van der Waals surface area (Å²) in [6, 6.07) is 3.77. The van der Waals surface area contributed by atoms with Crippen LogP contribution in [-0.2, 0) is 9.47 Å². The van der Waals surface area contributed by atoms with E-state index in [4.69, 9.17) is 14.2 Å². The lowest BCUT2D eigenvalue weighted by atomic mass is 10.1. The summed E-state index contributed by atoms with van der Waals surface area (Å²) in [5.74, 6) is 1.71. The normalized spacial score (nSPS) is 16.1. The minimum atomic E-state index is 0.347. The Morgan fingerprint density at radius 1 is 1.32 bits per heavy atom. The second kappa shape index (κ2) is 11.7.